The van der Waals surface area contributed by atoms with Gasteiger partial charge in [0.15, 0.2) is 11.5 Å². The van der Waals surface area contributed by atoms with Gasteiger partial charge in [-0.05, 0) is 6.42 Å². The molecule has 0 spiro atoms. The molecule has 0 radical (unpaired) electrons. The van der Waals surface area contributed by atoms with Gasteiger partial charge in [-0.3, -0.25) is 4.57 Å². The molecule has 4 atom stereocenters. The molecule has 3 rings (SSSR count). The van der Waals surface area contributed by atoms with E-state index in [0.717, 1.165) is 6.42 Å². The van der Waals surface area contributed by atoms with Crippen LogP contribution < -0.4 is 5.73 Å². The number of imidazole rings is 1. The summed E-state index contributed by atoms with van der Waals surface area (Å²) in [7, 11) is 0. The van der Waals surface area contributed by atoms with Crippen LogP contribution in [0.5, 0.6) is 0 Å². The van der Waals surface area contributed by atoms with E-state index in [4.69, 9.17) is 10.5 Å². The monoisotopic (exact) mass is 263 g/mol. The summed E-state index contributed by atoms with van der Waals surface area (Å²) in [6.07, 6.45) is 2.90. The van der Waals surface area contributed by atoms with Crippen molar-refractivity contribution in [1.82, 2.24) is 19.5 Å². The number of rotatable bonds is 2. The molecule has 1 saturated heterocycles. The number of fused-ring (bicyclic) bond motifs is 1. The standard InChI is InChI=1S/C12H17N5O2/c1-3-7-9(18)6(2)12(19-7)17-5-16-8-10(13)14-4-15-11(8)17/h4-7,9,12,18H,3H2,1-2H3,(H2,13,14,15)/t6?,7-,9-,12-/m1/s1. The van der Waals surface area contributed by atoms with Gasteiger partial charge >= 0.3 is 0 Å². The van der Waals surface area contributed by atoms with Crippen LogP contribution in [0.2, 0.25) is 0 Å². The molecule has 0 amide bonds. The third-order valence-corrected chi connectivity index (χ3v) is 3.75. The number of ether oxygens (including phenoxy) is 1. The summed E-state index contributed by atoms with van der Waals surface area (Å²) in [5.41, 5.74) is 6.96. The van der Waals surface area contributed by atoms with Gasteiger partial charge < -0.3 is 15.6 Å². The molecule has 2 aromatic heterocycles. The van der Waals surface area contributed by atoms with E-state index in [1.54, 1.807) is 6.33 Å². The Hall–Kier alpha value is -1.73. The number of aliphatic hydroxyl groups excluding tert-OH is 1. The Morgan fingerprint density at radius 2 is 2.21 bits per heavy atom. The highest BCUT2D eigenvalue weighted by Crippen LogP contribution is 2.37. The van der Waals surface area contributed by atoms with Gasteiger partial charge in [0.2, 0.25) is 0 Å². The van der Waals surface area contributed by atoms with E-state index in [1.807, 2.05) is 18.4 Å². The maximum absolute atomic E-state index is 10.1. The Bertz CT molecular complexity index is 599. The lowest BCUT2D eigenvalue weighted by Gasteiger charge is -2.17. The second kappa shape index (κ2) is 4.43. The molecule has 1 aliphatic heterocycles. The van der Waals surface area contributed by atoms with Gasteiger partial charge in [-0.1, -0.05) is 13.8 Å². The molecule has 1 fully saturated rings. The molecule has 0 bridgehead atoms. The minimum Gasteiger partial charge on any atom is -0.390 e. The number of hydrogen-bond donors (Lipinski definition) is 2. The van der Waals surface area contributed by atoms with E-state index in [-0.39, 0.29) is 18.2 Å². The van der Waals surface area contributed by atoms with Crippen LogP contribution in [0.1, 0.15) is 26.5 Å². The van der Waals surface area contributed by atoms with Gasteiger partial charge in [0.25, 0.3) is 0 Å². The largest absolute Gasteiger partial charge is 0.390 e. The fourth-order valence-electron chi connectivity index (χ4n) is 2.60. The van der Waals surface area contributed by atoms with Gasteiger partial charge in [-0.2, -0.15) is 0 Å². The SMILES string of the molecule is CC[C@H]1O[C@@H](n2cnc3c(N)ncnc32)C(C)[C@H]1O. The van der Waals surface area contributed by atoms with Crippen LogP contribution in [0.3, 0.4) is 0 Å². The molecule has 3 heterocycles. The molecule has 0 aliphatic carbocycles. The molecule has 7 heteroatoms. The van der Waals surface area contributed by atoms with Crippen molar-refractivity contribution in [3.8, 4) is 0 Å². The average molecular weight is 263 g/mol. The van der Waals surface area contributed by atoms with E-state index in [2.05, 4.69) is 15.0 Å². The molecule has 1 aliphatic rings. The topological polar surface area (TPSA) is 99.1 Å². The predicted octanol–water partition coefficient (Wildman–Crippen LogP) is 0.713. The smallest absolute Gasteiger partial charge is 0.167 e. The third kappa shape index (κ3) is 1.77. The first-order chi connectivity index (χ1) is 9.13. The summed E-state index contributed by atoms with van der Waals surface area (Å²) in [5.74, 6) is 0.320. The van der Waals surface area contributed by atoms with Crippen molar-refractivity contribution in [2.75, 3.05) is 5.73 Å². The van der Waals surface area contributed by atoms with Crippen LogP contribution in [-0.2, 0) is 4.74 Å². The lowest BCUT2D eigenvalue weighted by Crippen LogP contribution is -2.24. The molecule has 0 aromatic carbocycles. The van der Waals surface area contributed by atoms with Crippen molar-refractivity contribution >= 4 is 17.0 Å². The number of aliphatic hydroxyl groups is 1. The Kier molecular flexibility index (Phi) is 2.87. The van der Waals surface area contributed by atoms with E-state index in [0.29, 0.717) is 17.0 Å². The van der Waals surface area contributed by atoms with E-state index >= 15 is 0 Å². The van der Waals surface area contributed by atoms with E-state index in [9.17, 15) is 5.11 Å². The molecule has 19 heavy (non-hydrogen) atoms. The zero-order valence-corrected chi connectivity index (χ0v) is 10.9. The van der Waals surface area contributed by atoms with Crippen molar-refractivity contribution in [1.29, 1.82) is 0 Å². The second-order valence-electron chi connectivity index (χ2n) is 4.91. The summed E-state index contributed by atoms with van der Waals surface area (Å²) in [6, 6.07) is 0. The first kappa shape index (κ1) is 12.3. The quantitative estimate of drug-likeness (QED) is 0.828. The Morgan fingerprint density at radius 1 is 1.42 bits per heavy atom. The van der Waals surface area contributed by atoms with Crippen LogP contribution in [0, 0.1) is 5.92 Å². The highest BCUT2D eigenvalue weighted by Gasteiger charge is 2.41. The molecule has 102 valence electrons. The lowest BCUT2D eigenvalue weighted by atomic mass is 10.0. The van der Waals surface area contributed by atoms with E-state index < -0.39 is 6.10 Å². The van der Waals surface area contributed by atoms with Crippen LogP contribution in [0.15, 0.2) is 12.7 Å². The van der Waals surface area contributed by atoms with Gasteiger partial charge in [-0.25, -0.2) is 15.0 Å². The minimum atomic E-state index is -0.480. The van der Waals surface area contributed by atoms with Crippen molar-refractivity contribution in [2.24, 2.45) is 5.92 Å². The normalized spacial score (nSPS) is 31.1. The van der Waals surface area contributed by atoms with Crippen LogP contribution in [0.25, 0.3) is 11.2 Å². The Balaban J connectivity index is 2.04. The molecule has 2 aromatic rings. The zero-order chi connectivity index (χ0) is 13.6. The fourth-order valence-corrected chi connectivity index (χ4v) is 2.60. The summed E-state index contributed by atoms with van der Waals surface area (Å²) in [6.45, 7) is 3.95. The van der Waals surface area contributed by atoms with Crippen LogP contribution in [-0.4, -0.2) is 36.8 Å². The fraction of sp³-hybridized carbons (Fsp3) is 0.583. The van der Waals surface area contributed by atoms with Crippen molar-refractivity contribution < 1.29 is 9.84 Å². The highest BCUT2D eigenvalue weighted by atomic mass is 16.5. The van der Waals surface area contributed by atoms with Crippen molar-refractivity contribution in [2.45, 2.75) is 38.7 Å². The average Bonchev–Trinajstić information content (AvgIpc) is 2.94. The highest BCUT2D eigenvalue weighted by molar-refractivity contribution is 5.81. The van der Waals surface area contributed by atoms with Gasteiger partial charge in [0, 0.05) is 5.92 Å². The van der Waals surface area contributed by atoms with Gasteiger partial charge in [-0.15, -0.1) is 0 Å². The van der Waals surface area contributed by atoms with Crippen molar-refractivity contribution in [3.05, 3.63) is 12.7 Å². The van der Waals surface area contributed by atoms with Crippen molar-refractivity contribution in [3.63, 3.8) is 0 Å². The minimum absolute atomic E-state index is 0.0291. The van der Waals surface area contributed by atoms with E-state index in [1.165, 1.54) is 6.33 Å². The second-order valence-corrected chi connectivity index (χ2v) is 4.91. The summed E-state index contributed by atoms with van der Waals surface area (Å²) in [4.78, 5) is 12.3. The first-order valence-electron chi connectivity index (χ1n) is 6.40. The summed E-state index contributed by atoms with van der Waals surface area (Å²) in [5, 5.41) is 10.1. The first-order valence-corrected chi connectivity index (χ1v) is 6.40. The molecular formula is C12H17N5O2. The molecule has 3 N–H and O–H groups in total. The van der Waals surface area contributed by atoms with Crippen LogP contribution >= 0.6 is 0 Å². The number of aromatic nitrogens is 4. The van der Waals surface area contributed by atoms with Gasteiger partial charge in [0.1, 0.15) is 18.1 Å². The zero-order valence-electron chi connectivity index (χ0n) is 10.9. The molecule has 0 saturated carbocycles. The molecule has 1 unspecified atom stereocenters. The number of nitrogens with two attached hydrogens (primary N) is 1. The number of nitrogens with zero attached hydrogens (tertiary/aromatic N) is 4. The van der Waals surface area contributed by atoms with Gasteiger partial charge in [0.05, 0.1) is 18.5 Å². The lowest BCUT2D eigenvalue weighted by molar-refractivity contribution is -0.0210. The number of hydrogen-bond acceptors (Lipinski definition) is 6. The summed E-state index contributed by atoms with van der Waals surface area (Å²) < 4.78 is 7.72. The number of anilines is 1. The third-order valence-electron chi connectivity index (χ3n) is 3.75. The van der Waals surface area contributed by atoms with Crippen LogP contribution in [0.4, 0.5) is 5.82 Å². The maximum Gasteiger partial charge on any atom is 0.167 e. The predicted molar refractivity (Wildman–Crippen MR) is 69.1 cm³/mol. The number of nitrogen functional groups attached to an aromatic ring is 1. The maximum atomic E-state index is 10.1. The molecular weight excluding hydrogens is 246 g/mol. The Morgan fingerprint density at radius 3 is 2.89 bits per heavy atom. The summed E-state index contributed by atoms with van der Waals surface area (Å²) >= 11 is 0. The molecule has 7 nitrogen and oxygen atoms in total. The Labute approximate surface area is 110 Å².